The molecule has 3 rings (SSSR count). The van der Waals surface area contributed by atoms with Gasteiger partial charge in [0.25, 0.3) is 0 Å². The summed E-state index contributed by atoms with van der Waals surface area (Å²) >= 11 is 0. The number of nitrogens with one attached hydrogen (secondary N) is 1. The molecule has 2 aliphatic rings. The van der Waals surface area contributed by atoms with Crippen molar-refractivity contribution in [2.24, 2.45) is 11.8 Å². The fourth-order valence-electron chi connectivity index (χ4n) is 2.83. The van der Waals surface area contributed by atoms with Crippen LogP contribution in [0.3, 0.4) is 0 Å². The van der Waals surface area contributed by atoms with Gasteiger partial charge in [0.2, 0.25) is 0 Å². The Labute approximate surface area is 114 Å². The molecular formula is C14H23N3O2. The lowest BCUT2D eigenvalue weighted by atomic mass is 10.0. The monoisotopic (exact) mass is 265 g/mol. The summed E-state index contributed by atoms with van der Waals surface area (Å²) in [6.07, 6.45) is 6.16. The summed E-state index contributed by atoms with van der Waals surface area (Å²) in [5.41, 5.74) is 1.27. The van der Waals surface area contributed by atoms with E-state index in [1.165, 1.54) is 5.69 Å². The van der Waals surface area contributed by atoms with E-state index in [4.69, 9.17) is 9.47 Å². The summed E-state index contributed by atoms with van der Waals surface area (Å²) in [5.74, 6) is 1.23. The van der Waals surface area contributed by atoms with Crippen LogP contribution in [0.1, 0.15) is 18.5 Å². The zero-order valence-electron chi connectivity index (χ0n) is 11.4. The van der Waals surface area contributed by atoms with E-state index in [-0.39, 0.29) is 0 Å². The van der Waals surface area contributed by atoms with Gasteiger partial charge >= 0.3 is 0 Å². The SMILES string of the molecule is c1ncn2c1CNC[C@@H](COCC1CCOCC1)C2. The van der Waals surface area contributed by atoms with Gasteiger partial charge in [0.15, 0.2) is 0 Å². The third kappa shape index (κ3) is 3.55. The number of hydrogen-bond acceptors (Lipinski definition) is 4. The van der Waals surface area contributed by atoms with Crippen molar-refractivity contribution in [1.29, 1.82) is 0 Å². The average Bonchev–Trinajstić information content (AvgIpc) is 2.79. The summed E-state index contributed by atoms with van der Waals surface area (Å²) in [6.45, 7) is 6.47. The molecule has 19 heavy (non-hydrogen) atoms. The van der Waals surface area contributed by atoms with E-state index in [1.54, 1.807) is 0 Å². The van der Waals surface area contributed by atoms with Crippen molar-refractivity contribution in [3.8, 4) is 0 Å². The minimum absolute atomic E-state index is 0.537. The second kappa shape index (κ2) is 6.50. The molecule has 5 heteroatoms. The molecule has 0 bridgehead atoms. The third-order valence-corrected chi connectivity index (χ3v) is 4.04. The molecule has 1 N–H and O–H groups in total. The van der Waals surface area contributed by atoms with Gasteiger partial charge in [-0.25, -0.2) is 4.98 Å². The maximum absolute atomic E-state index is 5.93. The van der Waals surface area contributed by atoms with Crippen molar-refractivity contribution in [3.63, 3.8) is 0 Å². The van der Waals surface area contributed by atoms with Crippen molar-refractivity contribution in [2.45, 2.75) is 25.9 Å². The summed E-state index contributed by atoms with van der Waals surface area (Å²) in [4.78, 5) is 4.20. The fourth-order valence-corrected chi connectivity index (χ4v) is 2.83. The molecule has 5 nitrogen and oxygen atoms in total. The van der Waals surface area contributed by atoms with Crippen LogP contribution < -0.4 is 5.32 Å². The predicted molar refractivity (Wildman–Crippen MR) is 71.8 cm³/mol. The molecule has 0 amide bonds. The van der Waals surface area contributed by atoms with Gasteiger partial charge in [-0.05, 0) is 18.8 Å². The van der Waals surface area contributed by atoms with Gasteiger partial charge in [0, 0.05) is 51.6 Å². The number of rotatable bonds is 4. The molecule has 1 atom stereocenters. The van der Waals surface area contributed by atoms with E-state index in [0.29, 0.717) is 11.8 Å². The molecule has 0 unspecified atom stereocenters. The minimum atomic E-state index is 0.537. The largest absolute Gasteiger partial charge is 0.381 e. The predicted octanol–water partition coefficient (Wildman–Crippen LogP) is 1.05. The normalized spacial score (nSPS) is 24.9. The van der Waals surface area contributed by atoms with E-state index in [1.807, 2.05) is 12.5 Å². The van der Waals surface area contributed by atoms with E-state index in [9.17, 15) is 0 Å². The molecule has 0 aliphatic carbocycles. The first-order valence-corrected chi connectivity index (χ1v) is 7.27. The van der Waals surface area contributed by atoms with Crippen molar-refractivity contribution in [3.05, 3.63) is 18.2 Å². The van der Waals surface area contributed by atoms with Crippen LogP contribution in [-0.2, 0) is 22.6 Å². The maximum atomic E-state index is 5.93. The van der Waals surface area contributed by atoms with E-state index >= 15 is 0 Å². The van der Waals surface area contributed by atoms with Crippen molar-refractivity contribution >= 4 is 0 Å². The Bertz CT molecular complexity index is 388. The molecule has 0 radical (unpaired) electrons. The second-order valence-electron chi connectivity index (χ2n) is 5.63. The molecule has 0 spiro atoms. The van der Waals surface area contributed by atoms with Gasteiger partial charge in [0.1, 0.15) is 0 Å². The van der Waals surface area contributed by atoms with E-state index in [0.717, 1.165) is 58.9 Å². The number of nitrogens with zero attached hydrogens (tertiary/aromatic N) is 2. The zero-order chi connectivity index (χ0) is 12.9. The molecule has 1 saturated heterocycles. The first kappa shape index (κ1) is 13.1. The van der Waals surface area contributed by atoms with Gasteiger partial charge in [-0.1, -0.05) is 0 Å². The van der Waals surface area contributed by atoms with Gasteiger partial charge in [-0.3, -0.25) is 0 Å². The smallest absolute Gasteiger partial charge is 0.0948 e. The Morgan fingerprint density at radius 3 is 3.05 bits per heavy atom. The zero-order valence-corrected chi connectivity index (χ0v) is 11.4. The Balaban J connectivity index is 1.42. The lowest BCUT2D eigenvalue weighted by molar-refractivity contribution is 0.0102. The third-order valence-electron chi connectivity index (χ3n) is 4.04. The van der Waals surface area contributed by atoms with Crippen molar-refractivity contribution in [2.75, 3.05) is 33.0 Å². The molecule has 106 valence electrons. The summed E-state index contributed by atoms with van der Waals surface area (Å²) in [6, 6.07) is 0. The van der Waals surface area contributed by atoms with Crippen LogP contribution in [0.2, 0.25) is 0 Å². The highest BCUT2D eigenvalue weighted by Crippen LogP contribution is 2.16. The van der Waals surface area contributed by atoms with Crippen molar-refractivity contribution in [1.82, 2.24) is 14.9 Å². The van der Waals surface area contributed by atoms with Crippen LogP contribution in [0.4, 0.5) is 0 Å². The summed E-state index contributed by atoms with van der Waals surface area (Å²) in [5, 5.41) is 3.47. The molecule has 0 saturated carbocycles. The Kier molecular flexibility index (Phi) is 4.48. The lowest BCUT2D eigenvalue weighted by Crippen LogP contribution is -2.27. The summed E-state index contributed by atoms with van der Waals surface area (Å²) < 4.78 is 13.5. The van der Waals surface area contributed by atoms with Gasteiger partial charge in [0.05, 0.1) is 18.6 Å². The molecule has 2 aliphatic heterocycles. The number of fused-ring (bicyclic) bond motifs is 1. The number of ether oxygens (including phenoxy) is 2. The first-order valence-electron chi connectivity index (χ1n) is 7.27. The topological polar surface area (TPSA) is 48.3 Å². The van der Waals surface area contributed by atoms with Crippen LogP contribution in [0, 0.1) is 11.8 Å². The quantitative estimate of drug-likeness (QED) is 0.884. The van der Waals surface area contributed by atoms with Crippen LogP contribution in [0.5, 0.6) is 0 Å². The highest BCUT2D eigenvalue weighted by Gasteiger charge is 2.18. The number of hydrogen-bond donors (Lipinski definition) is 1. The fraction of sp³-hybridized carbons (Fsp3) is 0.786. The van der Waals surface area contributed by atoms with Crippen LogP contribution in [0.25, 0.3) is 0 Å². The van der Waals surface area contributed by atoms with Gasteiger partial charge < -0.3 is 19.4 Å². The standard InChI is InChI=1S/C14H23N3O2/c1-3-18-4-2-12(1)9-19-10-13-5-15-6-14-7-16-11-17(14)8-13/h7,11-13,15H,1-6,8-10H2/t13-/m1/s1. The van der Waals surface area contributed by atoms with Gasteiger partial charge in [-0.15, -0.1) is 0 Å². The second-order valence-corrected chi connectivity index (χ2v) is 5.63. The van der Waals surface area contributed by atoms with Crippen LogP contribution >= 0.6 is 0 Å². The van der Waals surface area contributed by atoms with E-state index in [2.05, 4.69) is 14.9 Å². The van der Waals surface area contributed by atoms with Crippen molar-refractivity contribution < 1.29 is 9.47 Å². The molecule has 1 fully saturated rings. The Morgan fingerprint density at radius 2 is 2.16 bits per heavy atom. The highest BCUT2D eigenvalue weighted by atomic mass is 16.5. The Morgan fingerprint density at radius 1 is 1.32 bits per heavy atom. The first-order chi connectivity index (χ1) is 9.42. The Hall–Kier alpha value is -0.910. The van der Waals surface area contributed by atoms with Gasteiger partial charge in [-0.2, -0.15) is 0 Å². The molecule has 1 aromatic rings. The highest BCUT2D eigenvalue weighted by molar-refractivity contribution is 4.99. The molecule has 0 aromatic carbocycles. The minimum Gasteiger partial charge on any atom is -0.381 e. The van der Waals surface area contributed by atoms with Crippen LogP contribution in [-0.4, -0.2) is 42.5 Å². The average molecular weight is 265 g/mol. The molecular weight excluding hydrogens is 242 g/mol. The number of aromatic nitrogens is 2. The summed E-state index contributed by atoms with van der Waals surface area (Å²) in [7, 11) is 0. The lowest BCUT2D eigenvalue weighted by Gasteiger charge is -2.23. The maximum Gasteiger partial charge on any atom is 0.0948 e. The van der Waals surface area contributed by atoms with E-state index < -0.39 is 0 Å². The molecule has 3 heterocycles. The molecule has 1 aromatic heterocycles. The number of imidazole rings is 1. The van der Waals surface area contributed by atoms with Crippen LogP contribution in [0.15, 0.2) is 12.5 Å².